The first-order chi connectivity index (χ1) is 22.4. The zero-order chi connectivity index (χ0) is 32.3. The van der Waals surface area contributed by atoms with Crippen LogP contribution in [0.1, 0.15) is 34.8 Å². The average molecular weight is 626 g/mol. The molecule has 5 aromatic carbocycles. The standard InChI is InChI=1S/C39H35N3O3S/c1-3-36(39(45)42(32-19-9-5-10-20-32)33-21-11-6-12-22-33)46-34-25-23-31(24-26-34)40-38(44)35(27-30-18-14-13-15-28(30)2)41-37(43)29-16-7-4-8-17-29/h4-27,36H,3H2,1-2H3,(H,40,44)(H,41,43)/b35-27-. The van der Waals surface area contributed by atoms with Gasteiger partial charge < -0.3 is 10.6 Å². The number of aryl methyl sites for hydroxylation is 1. The highest BCUT2D eigenvalue weighted by molar-refractivity contribution is 8.00. The second-order valence-electron chi connectivity index (χ2n) is 10.6. The molecule has 0 radical (unpaired) electrons. The molecule has 0 aromatic heterocycles. The Bertz CT molecular complexity index is 1770. The third-order valence-corrected chi connectivity index (χ3v) is 8.67. The predicted molar refractivity (Wildman–Crippen MR) is 188 cm³/mol. The van der Waals surface area contributed by atoms with E-state index in [9.17, 15) is 14.4 Å². The lowest BCUT2D eigenvalue weighted by Crippen LogP contribution is -2.34. The monoisotopic (exact) mass is 625 g/mol. The first kappa shape index (κ1) is 32.0. The van der Waals surface area contributed by atoms with Crippen LogP contribution in [0.2, 0.25) is 0 Å². The second-order valence-corrected chi connectivity index (χ2v) is 11.8. The van der Waals surface area contributed by atoms with Crippen molar-refractivity contribution in [1.82, 2.24) is 5.32 Å². The number of hydrogen-bond donors (Lipinski definition) is 2. The normalized spacial score (nSPS) is 11.7. The Morgan fingerprint density at radius 3 is 1.83 bits per heavy atom. The zero-order valence-electron chi connectivity index (χ0n) is 25.7. The summed E-state index contributed by atoms with van der Waals surface area (Å²) in [4.78, 5) is 43.1. The molecular weight excluding hydrogens is 591 g/mol. The number of amides is 3. The summed E-state index contributed by atoms with van der Waals surface area (Å²) in [6.07, 6.45) is 2.31. The van der Waals surface area contributed by atoms with Crippen LogP contribution in [0, 0.1) is 6.92 Å². The lowest BCUT2D eigenvalue weighted by molar-refractivity contribution is -0.117. The minimum Gasteiger partial charge on any atom is -0.321 e. The molecular formula is C39H35N3O3S. The maximum atomic E-state index is 13.9. The van der Waals surface area contributed by atoms with Gasteiger partial charge in [-0.05, 0) is 91.2 Å². The summed E-state index contributed by atoms with van der Waals surface area (Å²) >= 11 is 1.49. The van der Waals surface area contributed by atoms with E-state index in [1.54, 1.807) is 47.4 Å². The van der Waals surface area contributed by atoms with Crippen LogP contribution in [-0.4, -0.2) is 23.0 Å². The number of nitrogens with one attached hydrogen (secondary N) is 2. The number of benzene rings is 5. The van der Waals surface area contributed by atoms with Gasteiger partial charge in [-0.15, -0.1) is 11.8 Å². The van der Waals surface area contributed by atoms with Crippen molar-refractivity contribution in [2.45, 2.75) is 30.4 Å². The quantitative estimate of drug-likeness (QED) is 0.114. The van der Waals surface area contributed by atoms with E-state index >= 15 is 0 Å². The number of carbonyl (C=O) groups is 3. The summed E-state index contributed by atoms with van der Waals surface area (Å²) in [5, 5.41) is 5.36. The van der Waals surface area contributed by atoms with E-state index in [1.807, 2.05) is 117 Å². The topological polar surface area (TPSA) is 78.5 Å². The number of rotatable bonds is 11. The first-order valence-corrected chi connectivity index (χ1v) is 16.0. The molecule has 7 heteroatoms. The number of thioether (sulfide) groups is 1. The van der Waals surface area contributed by atoms with Gasteiger partial charge in [0.2, 0.25) is 5.91 Å². The smallest absolute Gasteiger partial charge is 0.272 e. The van der Waals surface area contributed by atoms with Gasteiger partial charge in [0, 0.05) is 27.5 Å². The van der Waals surface area contributed by atoms with Crippen molar-refractivity contribution in [2.75, 3.05) is 10.2 Å². The van der Waals surface area contributed by atoms with Gasteiger partial charge in [-0.2, -0.15) is 0 Å². The Kier molecular flexibility index (Phi) is 10.8. The molecule has 6 nitrogen and oxygen atoms in total. The van der Waals surface area contributed by atoms with Gasteiger partial charge in [0.25, 0.3) is 11.8 Å². The van der Waals surface area contributed by atoms with E-state index in [4.69, 9.17) is 0 Å². The van der Waals surface area contributed by atoms with Crippen molar-refractivity contribution >= 4 is 52.6 Å². The third kappa shape index (κ3) is 8.20. The minimum atomic E-state index is -0.448. The summed E-state index contributed by atoms with van der Waals surface area (Å²) in [6.45, 7) is 3.95. The predicted octanol–water partition coefficient (Wildman–Crippen LogP) is 8.64. The fraction of sp³-hybridized carbons (Fsp3) is 0.103. The molecule has 0 heterocycles. The van der Waals surface area contributed by atoms with Crippen molar-refractivity contribution in [1.29, 1.82) is 0 Å². The molecule has 230 valence electrons. The average Bonchev–Trinajstić information content (AvgIpc) is 3.10. The molecule has 0 saturated heterocycles. The van der Waals surface area contributed by atoms with E-state index in [2.05, 4.69) is 10.6 Å². The molecule has 46 heavy (non-hydrogen) atoms. The number of para-hydroxylation sites is 2. The van der Waals surface area contributed by atoms with Crippen LogP contribution in [0.25, 0.3) is 6.08 Å². The minimum absolute atomic E-state index is 0.0116. The van der Waals surface area contributed by atoms with Crippen LogP contribution >= 0.6 is 11.8 Å². The van der Waals surface area contributed by atoms with Gasteiger partial charge in [0.05, 0.1) is 5.25 Å². The summed E-state index contributed by atoms with van der Waals surface area (Å²) in [5.41, 5.74) is 4.55. The number of nitrogens with zero attached hydrogens (tertiary/aromatic N) is 1. The highest BCUT2D eigenvalue weighted by Crippen LogP contribution is 2.33. The molecule has 5 aromatic rings. The van der Waals surface area contributed by atoms with Crippen LogP contribution < -0.4 is 15.5 Å². The van der Waals surface area contributed by atoms with Crippen molar-refractivity contribution in [3.05, 3.63) is 162 Å². The van der Waals surface area contributed by atoms with Crippen molar-refractivity contribution < 1.29 is 14.4 Å². The van der Waals surface area contributed by atoms with E-state index in [1.165, 1.54) is 11.8 Å². The molecule has 0 aliphatic carbocycles. The molecule has 5 rings (SSSR count). The summed E-state index contributed by atoms with van der Waals surface area (Å²) < 4.78 is 0. The zero-order valence-corrected chi connectivity index (χ0v) is 26.5. The van der Waals surface area contributed by atoms with Crippen LogP contribution in [0.4, 0.5) is 17.1 Å². The Morgan fingerprint density at radius 1 is 0.717 bits per heavy atom. The Labute approximate surface area is 274 Å². The van der Waals surface area contributed by atoms with Gasteiger partial charge in [0.1, 0.15) is 5.70 Å². The Balaban J connectivity index is 1.32. The van der Waals surface area contributed by atoms with E-state index in [0.29, 0.717) is 17.7 Å². The van der Waals surface area contributed by atoms with Gasteiger partial charge in [-0.25, -0.2) is 0 Å². The van der Waals surface area contributed by atoms with Gasteiger partial charge in [0.15, 0.2) is 0 Å². The first-order valence-electron chi connectivity index (χ1n) is 15.1. The summed E-state index contributed by atoms with van der Waals surface area (Å²) in [7, 11) is 0. The van der Waals surface area contributed by atoms with E-state index in [-0.39, 0.29) is 22.8 Å². The molecule has 0 bridgehead atoms. The van der Waals surface area contributed by atoms with Crippen molar-refractivity contribution in [2.24, 2.45) is 0 Å². The molecule has 0 spiro atoms. The largest absolute Gasteiger partial charge is 0.321 e. The van der Waals surface area contributed by atoms with E-state index < -0.39 is 5.91 Å². The Morgan fingerprint density at radius 2 is 1.26 bits per heavy atom. The molecule has 3 amide bonds. The highest BCUT2D eigenvalue weighted by Gasteiger charge is 2.26. The molecule has 0 aliphatic heterocycles. The molecule has 1 unspecified atom stereocenters. The number of anilines is 3. The van der Waals surface area contributed by atoms with Crippen LogP contribution in [0.15, 0.2) is 150 Å². The second kappa shape index (κ2) is 15.5. The van der Waals surface area contributed by atoms with Gasteiger partial charge >= 0.3 is 0 Å². The maximum Gasteiger partial charge on any atom is 0.272 e. The molecule has 0 saturated carbocycles. The fourth-order valence-corrected chi connectivity index (χ4v) is 5.83. The maximum absolute atomic E-state index is 13.9. The highest BCUT2D eigenvalue weighted by atomic mass is 32.2. The van der Waals surface area contributed by atoms with Crippen molar-refractivity contribution in [3.63, 3.8) is 0 Å². The lowest BCUT2D eigenvalue weighted by atomic mass is 10.1. The van der Waals surface area contributed by atoms with E-state index in [0.717, 1.165) is 27.4 Å². The van der Waals surface area contributed by atoms with Crippen molar-refractivity contribution in [3.8, 4) is 0 Å². The molecule has 0 fully saturated rings. The van der Waals surface area contributed by atoms with Crippen LogP contribution in [0.3, 0.4) is 0 Å². The van der Waals surface area contributed by atoms with Gasteiger partial charge in [-0.3, -0.25) is 19.3 Å². The number of carbonyl (C=O) groups excluding carboxylic acids is 3. The molecule has 0 aliphatic rings. The molecule has 2 N–H and O–H groups in total. The lowest BCUT2D eigenvalue weighted by Gasteiger charge is -2.27. The third-order valence-electron chi connectivity index (χ3n) is 7.30. The number of hydrogen-bond acceptors (Lipinski definition) is 4. The molecule has 1 atom stereocenters. The fourth-order valence-electron chi connectivity index (χ4n) is 4.84. The van der Waals surface area contributed by atoms with Crippen LogP contribution in [0.5, 0.6) is 0 Å². The Hall–Kier alpha value is -5.40. The SMILES string of the molecule is CCC(Sc1ccc(NC(=O)/C(=C/c2ccccc2C)NC(=O)c2ccccc2)cc1)C(=O)N(c1ccccc1)c1ccccc1. The van der Waals surface area contributed by atoms with Gasteiger partial charge in [-0.1, -0.05) is 85.8 Å². The van der Waals surface area contributed by atoms with Crippen LogP contribution in [-0.2, 0) is 9.59 Å². The summed E-state index contributed by atoms with van der Waals surface area (Å²) in [6, 6.07) is 43.1. The summed E-state index contributed by atoms with van der Waals surface area (Å²) in [5.74, 6) is -0.837.